The highest BCUT2D eigenvalue weighted by Crippen LogP contribution is 2.37. The van der Waals surface area contributed by atoms with Gasteiger partial charge in [-0.1, -0.05) is 87.0 Å². The molecule has 1 aliphatic carbocycles. The summed E-state index contributed by atoms with van der Waals surface area (Å²) in [6.45, 7) is 14.3. The molecule has 0 radical (unpaired) electrons. The second kappa shape index (κ2) is 15.8. The number of unbranched alkanes of at least 4 members (excludes halogenated alkanes) is 1. The molecular formula is C40H47N2OP. The van der Waals surface area contributed by atoms with Crippen molar-refractivity contribution in [3.05, 3.63) is 118 Å². The van der Waals surface area contributed by atoms with Gasteiger partial charge in [-0.05, 0) is 109 Å². The average Bonchev–Trinajstić information content (AvgIpc) is 3.41. The lowest BCUT2D eigenvalue weighted by molar-refractivity contribution is 0.0753. The quantitative estimate of drug-likeness (QED) is 0.0851. The topological polar surface area (TPSA) is 32.7 Å². The average molecular weight is 603 g/mol. The van der Waals surface area contributed by atoms with Crippen molar-refractivity contribution < 1.29 is 4.79 Å². The first-order chi connectivity index (χ1) is 21.2. The lowest BCUT2D eigenvalue weighted by atomic mass is 10.0. The van der Waals surface area contributed by atoms with Crippen LogP contribution < -0.4 is 0 Å². The Morgan fingerprint density at radius 3 is 2.23 bits per heavy atom. The molecular weight excluding hydrogens is 555 g/mol. The van der Waals surface area contributed by atoms with Gasteiger partial charge in [-0.15, -0.1) is 8.86 Å². The van der Waals surface area contributed by atoms with Crippen LogP contribution in [0, 0.1) is 0 Å². The van der Waals surface area contributed by atoms with Crippen molar-refractivity contribution in [2.24, 2.45) is 4.99 Å². The van der Waals surface area contributed by atoms with Gasteiger partial charge in [0.25, 0.3) is 5.91 Å². The van der Waals surface area contributed by atoms with E-state index >= 15 is 0 Å². The summed E-state index contributed by atoms with van der Waals surface area (Å²) in [5.41, 5.74) is 12.9. The summed E-state index contributed by atoms with van der Waals surface area (Å²) in [5, 5.41) is 1.11. The molecule has 0 unspecified atom stereocenters. The van der Waals surface area contributed by atoms with Crippen LogP contribution in [0.3, 0.4) is 0 Å². The molecule has 1 amide bonds. The van der Waals surface area contributed by atoms with E-state index in [1.165, 1.54) is 22.3 Å². The Hall–Kier alpha value is -3.81. The van der Waals surface area contributed by atoms with Gasteiger partial charge in [-0.2, -0.15) is 0 Å². The zero-order chi connectivity index (χ0) is 31.6. The van der Waals surface area contributed by atoms with Crippen molar-refractivity contribution in [2.75, 3.05) is 13.1 Å². The van der Waals surface area contributed by atoms with Crippen LogP contribution in [0.2, 0.25) is 0 Å². The SMILES string of the molecule is C/C=C(\N=C(C)CC(=P)/C(C)=C/C=C(\C)c1ccc(C(=O)N(CCC)CCCC)cc1)c1ccc2c(c1)Cc1ccccc1-2. The summed E-state index contributed by atoms with van der Waals surface area (Å²) in [4.78, 5) is 20.0. The van der Waals surface area contributed by atoms with Crippen LogP contribution in [-0.4, -0.2) is 34.9 Å². The molecule has 228 valence electrons. The monoisotopic (exact) mass is 602 g/mol. The van der Waals surface area contributed by atoms with Gasteiger partial charge in [-0.25, -0.2) is 0 Å². The van der Waals surface area contributed by atoms with E-state index in [1.54, 1.807) is 0 Å². The number of allylic oxidation sites excluding steroid dienone is 5. The maximum Gasteiger partial charge on any atom is 0.253 e. The molecule has 4 heteroatoms. The second-order valence-corrected chi connectivity index (χ2v) is 12.4. The number of benzene rings is 3. The second-order valence-electron chi connectivity index (χ2n) is 11.8. The molecule has 0 atom stereocenters. The van der Waals surface area contributed by atoms with E-state index in [2.05, 4.69) is 123 Å². The first-order valence-corrected chi connectivity index (χ1v) is 16.5. The maximum atomic E-state index is 13.0. The summed E-state index contributed by atoms with van der Waals surface area (Å²) in [6.07, 6.45) is 11.2. The molecule has 3 nitrogen and oxygen atoms in total. The number of aliphatic imine (C=N–C) groups is 1. The van der Waals surface area contributed by atoms with E-state index in [1.807, 2.05) is 17.0 Å². The molecule has 0 saturated heterocycles. The predicted octanol–water partition coefficient (Wildman–Crippen LogP) is 10.5. The maximum absolute atomic E-state index is 13.0. The minimum atomic E-state index is 0.127. The van der Waals surface area contributed by atoms with E-state index in [9.17, 15) is 4.79 Å². The molecule has 0 aliphatic heterocycles. The highest BCUT2D eigenvalue weighted by Gasteiger charge is 2.18. The van der Waals surface area contributed by atoms with Gasteiger partial charge >= 0.3 is 0 Å². The van der Waals surface area contributed by atoms with Crippen LogP contribution in [0.4, 0.5) is 0 Å². The molecule has 0 fully saturated rings. The van der Waals surface area contributed by atoms with Crippen LogP contribution in [-0.2, 0) is 6.42 Å². The fraction of sp³-hybridized carbons (Fsp3) is 0.325. The van der Waals surface area contributed by atoms with E-state index in [0.29, 0.717) is 0 Å². The van der Waals surface area contributed by atoms with Gasteiger partial charge in [0.2, 0.25) is 0 Å². The van der Waals surface area contributed by atoms with Crippen molar-refractivity contribution in [3.63, 3.8) is 0 Å². The molecule has 0 heterocycles. The highest BCUT2D eigenvalue weighted by atomic mass is 31.0. The van der Waals surface area contributed by atoms with Crippen molar-refractivity contribution in [1.82, 2.24) is 4.90 Å². The highest BCUT2D eigenvalue weighted by molar-refractivity contribution is 7.22. The molecule has 0 bridgehead atoms. The lowest BCUT2D eigenvalue weighted by Gasteiger charge is -2.22. The smallest absolute Gasteiger partial charge is 0.253 e. The summed E-state index contributed by atoms with van der Waals surface area (Å²) in [6, 6.07) is 23.4. The molecule has 0 spiro atoms. The number of carbonyl (C=O) groups is 1. The fourth-order valence-corrected chi connectivity index (χ4v) is 6.02. The predicted molar refractivity (Wildman–Crippen MR) is 194 cm³/mol. The molecule has 3 aromatic rings. The van der Waals surface area contributed by atoms with Crippen molar-refractivity contribution in [3.8, 4) is 11.1 Å². The first-order valence-electron chi connectivity index (χ1n) is 16.0. The molecule has 0 N–H and O–H groups in total. The Morgan fingerprint density at radius 2 is 1.52 bits per heavy atom. The number of hydrogen-bond acceptors (Lipinski definition) is 2. The Bertz CT molecular complexity index is 1620. The summed E-state index contributed by atoms with van der Waals surface area (Å²) >= 11 is 0. The fourth-order valence-electron chi connectivity index (χ4n) is 5.68. The van der Waals surface area contributed by atoms with E-state index in [0.717, 1.165) is 89.7 Å². The molecule has 44 heavy (non-hydrogen) atoms. The van der Waals surface area contributed by atoms with Crippen LogP contribution in [0.1, 0.15) is 99.8 Å². The van der Waals surface area contributed by atoms with Gasteiger partial charge < -0.3 is 4.90 Å². The van der Waals surface area contributed by atoms with Gasteiger partial charge in [-0.3, -0.25) is 9.79 Å². The first kappa shape index (κ1) is 33.1. The Morgan fingerprint density at radius 1 is 0.841 bits per heavy atom. The minimum Gasteiger partial charge on any atom is -0.339 e. The lowest BCUT2D eigenvalue weighted by Crippen LogP contribution is -2.32. The van der Waals surface area contributed by atoms with E-state index in [4.69, 9.17) is 4.99 Å². The van der Waals surface area contributed by atoms with E-state index < -0.39 is 0 Å². The number of rotatable bonds is 13. The normalized spacial score (nSPS) is 13.5. The van der Waals surface area contributed by atoms with Gasteiger partial charge in [0, 0.05) is 36.3 Å². The van der Waals surface area contributed by atoms with Crippen LogP contribution >= 0.6 is 8.86 Å². The number of amides is 1. The molecule has 1 aliphatic rings. The molecule has 3 aromatic carbocycles. The summed E-state index contributed by atoms with van der Waals surface area (Å²) < 4.78 is 0. The number of carbonyl (C=O) groups excluding carboxylic acids is 1. The third kappa shape index (κ3) is 8.21. The standard InChI is InChI=1S/C40H47N2OP/c1-7-10-24-42(23-8-2)40(43)32-19-17-31(18-20-32)28(4)15-16-29(5)39(44)25-30(6)41-38(9-3)34-21-22-37-35(27-34)26-33-13-11-12-14-36(33)37/h9,11-22,27,44H,7-8,10,23-26H2,1-6H3/b28-15+,29-16+,38-9-,41-30?. The van der Waals surface area contributed by atoms with Crippen LogP contribution in [0.25, 0.3) is 22.4 Å². The molecule has 4 rings (SSSR count). The van der Waals surface area contributed by atoms with Crippen LogP contribution in [0.5, 0.6) is 0 Å². The number of nitrogens with zero attached hydrogens (tertiary/aromatic N) is 2. The molecule has 0 aromatic heterocycles. The van der Waals surface area contributed by atoms with Crippen molar-refractivity contribution >= 4 is 37.0 Å². The van der Waals surface area contributed by atoms with Gasteiger partial charge in [0.1, 0.15) is 0 Å². The zero-order valence-electron chi connectivity index (χ0n) is 27.3. The Balaban J connectivity index is 1.39. The third-order valence-corrected chi connectivity index (χ3v) is 8.89. The summed E-state index contributed by atoms with van der Waals surface area (Å²) in [5.74, 6) is 0.127. The van der Waals surface area contributed by atoms with Gasteiger partial charge in [0.15, 0.2) is 0 Å². The Labute approximate surface area is 267 Å². The van der Waals surface area contributed by atoms with Gasteiger partial charge in [0.05, 0.1) is 5.70 Å². The number of fused-ring (bicyclic) bond motifs is 3. The largest absolute Gasteiger partial charge is 0.339 e. The van der Waals surface area contributed by atoms with E-state index in [-0.39, 0.29) is 5.91 Å². The molecule has 0 saturated carbocycles. The Kier molecular flexibility index (Phi) is 11.9. The van der Waals surface area contributed by atoms with Crippen LogP contribution in [0.15, 0.2) is 95.5 Å². The third-order valence-electron chi connectivity index (χ3n) is 8.32. The van der Waals surface area contributed by atoms with Crippen molar-refractivity contribution in [2.45, 2.75) is 73.6 Å². The zero-order valence-corrected chi connectivity index (χ0v) is 28.3. The number of hydrogen-bond donors (Lipinski definition) is 0. The summed E-state index contributed by atoms with van der Waals surface area (Å²) in [7, 11) is 3.88. The minimum absolute atomic E-state index is 0.127. The van der Waals surface area contributed by atoms with Crippen molar-refractivity contribution in [1.29, 1.82) is 0 Å².